The molecule has 0 saturated carbocycles. The van der Waals surface area contributed by atoms with Gasteiger partial charge in [0.15, 0.2) is 0 Å². The quantitative estimate of drug-likeness (QED) is 0.121. The molecule has 0 spiro atoms. The summed E-state index contributed by atoms with van der Waals surface area (Å²) in [5.74, 6) is 0.801. The minimum atomic E-state index is -0.568. The zero-order valence-corrected chi connectivity index (χ0v) is 41.2. The summed E-state index contributed by atoms with van der Waals surface area (Å²) in [4.78, 5) is 5.07. The van der Waals surface area contributed by atoms with Crippen LogP contribution >= 0.6 is 0 Å². The van der Waals surface area contributed by atoms with Crippen molar-refractivity contribution in [2.24, 2.45) is 0 Å². The van der Waals surface area contributed by atoms with Crippen molar-refractivity contribution >= 4 is 76.2 Å². The molecule has 0 unspecified atom stereocenters. The molecule has 5 nitrogen and oxygen atoms in total. The maximum atomic E-state index is 9.23. The Labute approximate surface area is 449 Å². The lowest BCUT2D eigenvalue weighted by molar-refractivity contribution is -0.571. The van der Waals surface area contributed by atoms with Gasteiger partial charge in [0.1, 0.15) is 5.82 Å². The summed E-state index contributed by atoms with van der Waals surface area (Å²) in [6, 6.07) is 58.4. The van der Waals surface area contributed by atoms with Crippen molar-refractivity contribution in [1.82, 2.24) is 18.7 Å². The van der Waals surface area contributed by atoms with Crippen LogP contribution in [-0.4, -0.2) is 18.7 Å². The first-order valence-corrected chi connectivity index (χ1v) is 25.0. The van der Waals surface area contributed by atoms with Gasteiger partial charge in [-0.1, -0.05) is 215 Å². The Morgan fingerprint density at radius 2 is 0.920 bits per heavy atom. The predicted molar refractivity (Wildman–Crippen MR) is 312 cm³/mol. The van der Waals surface area contributed by atoms with Gasteiger partial charge in [0, 0.05) is 33.4 Å². The molecule has 14 aromatic rings. The first-order valence-electron chi connectivity index (χ1n) is 30.0. The third-order valence-corrected chi connectivity index (χ3v) is 14.4. The van der Waals surface area contributed by atoms with Crippen LogP contribution in [0.15, 0.2) is 255 Å². The van der Waals surface area contributed by atoms with E-state index in [0.29, 0.717) is 16.7 Å². The largest absolute Gasteiger partial charge is 0.310 e. The third-order valence-electron chi connectivity index (χ3n) is 14.4. The average molecular weight is 972 g/mol. The van der Waals surface area contributed by atoms with Crippen LogP contribution in [0.5, 0.6) is 0 Å². The van der Waals surface area contributed by atoms with Crippen molar-refractivity contribution in [2.75, 3.05) is 0 Å². The molecular weight excluding hydrogens is 911 g/mol. The van der Waals surface area contributed by atoms with Gasteiger partial charge in [-0.15, -0.1) is 0 Å². The first-order chi connectivity index (χ1) is 41.0. The SMILES string of the molecule is [2H]c1c([2H])c([2H])c(-c2cccc(-c3c([2H])c([2H])c([2H])c([2H])c3[2H])c2-[n+]2[c-]n(-c3cccc(-n4c5ccccc5c5ccccc5c5ccccc5c5cc6c7ccccc7n(-c7cc(C(C)(C)C)ccn7)c6cc54)c3)c3ccccc32)c([2H])c1[2H]. The molecule has 10 aromatic carbocycles. The van der Waals surface area contributed by atoms with Crippen LogP contribution in [0.4, 0.5) is 0 Å². The van der Waals surface area contributed by atoms with Gasteiger partial charge in [-0.05, 0) is 109 Å². The van der Waals surface area contributed by atoms with Crippen LogP contribution in [0.1, 0.15) is 40.0 Å². The summed E-state index contributed by atoms with van der Waals surface area (Å²) >= 11 is 0. The Bertz CT molecular complexity index is 5120. The molecule has 0 fully saturated rings. The van der Waals surface area contributed by atoms with Gasteiger partial charge in [-0.3, -0.25) is 13.7 Å². The highest BCUT2D eigenvalue weighted by Crippen LogP contribution is 2.41. The minimum absolute atomic E-state index is 0.130. The van der Waals surface area contributed by atoms with Crippen LogP contribution in [0.3, 0.4) is 0 Å². The summed E-state index contributed by atoms with van der Waals surface area (Å²) in [7, 11) is 0. The maximum absolute atomic E-state index is 9.23. The Morgan fingerprint density at radius 3 is 1.56 bits per heavy atom. The molecule has 5 heteroatoms. The van der Waals surface area contributed by atoms with E-state index >= 15 is 0 Å². The van der Waals surface area contributed by atoms with Crippen LogP contribution in [0.25, 0.3) is 121 Å². The number of fused-ring (bicyclic) bond motifs is 11. The number of hydrogen-bond donors (Lipinski definition) is 0. The molecule has 356 valence electrons. The van der Waals surface area contributed by atoms with Gasteiger partial charge in [0.05, 0.1) is 58.2 Å². The second-order valence-electron chi connectivity index (χ2n) is 19.8. The molecule has 0 atom stereocenters. The predicted octanol–water partition coefficient (Wildman–Crippen LogP) is 17.4. The van der Waals surface area contributed by atoms with E-state index < -0.39 is 60.4 Å². The molecule has 4 aromatic heterocycles. The second-order valence-corrected chi connectivity index (χ2v) is 19.8. The van der Waals surface area contributed by atoms with Crippen molar-refractivity contribution in [1.29, 1.82) is 0 Å². The Hall–Kier alpha value is -9.58. The van der Waals surface area contributed by atoms with Crippen molar-refractivity contribution in [2.45, 2.75) is 26.2 Å². The van der Waals surface area contributed by atoms with E-state index in [2.05, 4.69) is 170 Å². The standard InChI is InChI=1S/C70H51N5/c1-70(2,3)49-40-41-71-68(42-49)75-63-37-17-15-33-59(63)61-44-60-57-31-13-11-29-55(57)54-28-10-12-30-56(54)58-32-14-16-36-62(58)74(66(60)45-67(61)75)51-27-20-26-50(43-51)72-46-73(65-39-19-18-38-64(65)72)69-52(47-22-6-4-7-23-47)34-21-35-53(69)48-24-8-5-9-25-48/h4-45H,1-3H3/i4D,5D,6D,7D,8D,9D,22D,23D,24D,25D. The minimum Gasteiger partial charge on any atom is -0.310 e. The lowest BCUT2D eigenvalue weighted by Gasteiger charge is -2.20. The number of imidazole rings is 1. The Morgan fingerprint density at radius 1 is 0.427 bits per heavy atom. The number of benzene rings is 10. The lowest BCUT2D eigenvalue weighted by Crippen LogP contribution is -2.31. The van der Waals surface area contributed by atoms with E-state index in [1.54, 1.807) is 22.8 Å². The van der Waals surface area contributed by atoms with E-state index in [4.69, 9.17) is 13.2 Å². The van der Waals surface area contributed by atoms with Crippen molar-refractivity contribution in [3.8, 4) is 45.1 Å². The number of rotatable bonds is 6. The van der Waals surface area contributed by atoms with Gasteiger partial charge in [0.2, 0.25) is 0 Å². The fraction of sp³-hybridized carbons (Fsp3) is 0.0571. The molecule has 0 saturated heterocycles. The summed E-state index contributed by atoms with van der Waals surface area (Å²) in [6.45, 7) is 6.63. The lowest BCUT2D eigenvalue weighted by atomic mass is 9.88. The molecule has 75 heavy (non-hydrogen) atoms. The van der Waals surface area contributed by atoms with Crippen LogP contribution in [0.2, 0.25) is 0 Å². The molecular formula is C70H51N5. The fourth-order valence-corrected chi connectivity index (χ4v) is 11.0. The Kier molecular flexibility index (Phi) is 8.14. The Balaban J connectivity index is 1.11. The average Bonchev–Trinajstić information content (AvgIpc) is 1.87. The van der Waals surface area contributed by atoms with Crippen molar-refractivity contribution < 1.29 is 18.3 Å². The summed E-state index contributed by atoms with van der Waals surface area (Å²) in [5.41, 5.74) is 7.77. The van der Waals surface area contributed by atoms with Gasteiger partial charge < -0.3 is 4.57 Å². The zero-order valence-electron chi connectivity index (χ0n) is 51.2. The van der Waals surface area contributed by atoms with E-state index in [-0.39, 0.29) is 33.4 Å². The molecule has 0 N–H and O–H groups in total. The number of para-hydroxylation sites is 5. The fourth-order valence-electron chi connectivity index (χ4n) is 11.0. The molecule has 0 aliphatic carbocycles. The maximum Gasteiger partial charge on any atom is 0.269 e. The third kappa shape index (κ3) is 7.30. The topological polar surface area (TPSA) is 31.6 Å². The monoisotopic (exact) mass is 971 g/mol. The van der Waals surface area contributed by atoms with Gasteiger partial charge in [0.25, 0.3) is 6.33 Å². The summed E-state index contributed by atoms with van der Waals surface area (Å²) < 4.78 is 97.1. The summed E-state index contributed by atoms with van der Waals surface area (Å²) in [6.07, 6.45) is 5.50. The van der Waals surface area contributed by atoms with E-state index in [1.165, 1.54) is 0 Å². The molecule has 0 aliphatic heterocycles. The number of aromatic nitrogens is 5. The van der Waals surface area contributed by atoms with Crippen LogP contribution < -0.4 is 4.57 Å². The van der Waals surface area contributed by atoms with Crippen LogP contribution in [-0.2, 0) is 5.41 Å². The highest BCUT2D eigenvalue weighted by Gasteiger charge is 2.23. The van der Waals surface area contributed by atoms with E-state index in [0.717, 1.165) is 82.2 Å². The first kappa shape index (κ1) is 34.7. The number of pyridine rings is 1. The smallest absolute Gasteiger partial charge is 0.269 e. The second kappa shape index (κ2) is 17.6. The van der Waals surface area contributed by atoms with E-state index in [1.807, 2.05) is 47.2 Å². The van der Waals surface area contributed by atoms with Crippen LogP contribution in [0, 0.1) is 6.33 Å². The molecule has 0 aliphatic rings. The van der Waals surface area contributed by atoms with Crippen molar-refractivity contribution in [3.63, 3.8) is 0 Å². The normalized spacial score (nSPS) is 13.8. The van der Waals surface area contributed by atoms with E-state index in [9.17, 15) is 5.48 Å². The van der Waals surface area contributed by atoms with Crippen molar-refractivity contribution in [3.05, 3.63) is 267 Å². The van der Waals surface area contributed by atoms with Gasteiger partial charge >= 0.3 is 0 Å². The van der Waals surface area contributed by atoms with Gasteiger partial charge in [-0.2, -0.15) is 0 Å². The molecule has 0 amide bonds. The number of nitrogens with zero attached hydrogens (tertiary/aromatic N) is 5. The zero-order chi connectivity index (χ0) is 58.9. The molecule has 0 radical (unpaired) electrons. The molecule has 0 bridgehead atoms. The highest BCUT2D eigenvalue weighted by molar-refractivity contribution is 6.23. The number of hydrogen-bond acceptors (Lipinski definition) is 1. The molecule has 4 heterocycles. The van der Waals surface area contributed by atoms with Gasteiger partial charge in [-0.25, -0.2) is 4.98 Å². The summed E-state index contributed by atoms with van der Waals surface area (Å²) in [5, 5.41) is 8.42. The molecule has 14 rings (SSSR count). The highest BCUT2D eigenvalue weighted by atomic mass is 15.1.